The SMILES string of the molecule is CNCc1cc(F)cnc1-n1nc(C)c(Br)c1C. The van der Waals surface area contributed by atoms with Crippen LogP contribution >= 0.6 is 15.9 Å². The minimum absolute atomic E-state index is 0.343. The monoisotopic (exact) mass is 312 g/mol. The van der Waals surface area contributed by atoms with Crippen molar-refractivity contribution in [3.63, 3.8) is 0 Å². The molecule has 1 N–H and O–H groups in total. The Morgan fingerprint density at radius 3 is 2.72 bits per heavy atom. The van der Waals surface area contributed by atoms with Crippen LogP contribution in [0, 0.1) is 19.7 Å². The van der Waals surface area contributed by atoms with Crippen molar-refractivity contribution in [2.24, 2.45) is 0 Å². The topological polar surface area (TPSA) is 42.7 Å². The van der Waals surface area contributed by atoms with Gasteiger partial charge in [0.25, 0.3) is 0 Å². The average molecular weight is 313 g/mol. The molecule has 0 amide bonds. The predicted octanol–water partition coefficient (Wildman–Crippen LogP) is 2.51. The van der Waals surface area contributed by atoms with Gasteiger partial charge in [0.15, 0.2) is 5.82 Å². The van der Waals surface area contributed by atoms with E-state index < -0.39 is 0 Å². The molecular formula is C12H14BrFN4. The highest BCUT2D eigenvalue weighted by molar-refractivity contribution is 9.10. The Kier molecular flexibility index (Phi) is 3.77. The summed E-state index contributed by atoms with van der Waals surface area (Å²) in [6.07, 6.45) is 1.21. The Labute approximate surface area is 113 Å². The molecular weight excluding hydrogens is 299 g/mol. The Morgan fingerprint density at radius 1 is 1.44 bits per heavy atom. The van der Waals surface area contributed by atoms with Crippen LogP contribution in [0.2, 0.25) is 0 Å². The van der Waals surface area contributed by atoms with Crippen molar-refractivity contribution in [3.8, 4) is 5.82 Å². The van der Waals surface area contributed by atoms with Crippen molar-refractivity contribution in [1.82, 2.24) is 20.1 Å². The van der Waals surface area contributed by atoms with Gasteiger partial charge in [-0.3, -0.25) is 0 Å². The van der Waals surface area contributed by atoms with E-state index in [1.807, 2.05) is 20.9 Å². The Bertz CT molecular complexity index is 580. The van der Waals surface area contributed by atoms with E-state index in [9.17, 15) is 4.39 Å². The number of hydrogen-bond acceptors (Lipinski definition) is 3. The number of halogens is 2. The molecule has 2 aromatic rings. The number of nitrogens with one attached hydrogen (secondary N) is 1. The lowest BCUT2D eigenvalue weighted by atomic mass is 10.2. The van der Waals surface area contributed by atoms with Gasteiger partial charge >= 0.3 is 0 Å². The van der Waals surface area contributed by atoms with Crippen LogP contribution in [0.3, 0.4) is 0 Å². The molecule has 0 aliphatic carbocycles. The molecule has 0 unspecified atom stereocenters. The zero-order valence-electron chi connectivity index (χ0n) is 10.5. The van der Waals surface area contributed by atoms with E-state index >= 15 is 0 Å². The summed E-state index contributed by atoms with van der Waals surface area (Å²) in [5.41, 5.74) is 2.61. The van der Waals surface area contributed by atoms with Crippen molar-refractivity contribution in [1.29, 1.82) is 0 Å². The van der Waals surface area contributed by atoms with Crippen LogP contribution in [0.1, 0.15) is 17.0 Å². The molecule has 2 heterocycles. The lowest BCUT2D eigenvalue weighted by Crippen LogP contribution is -2.12. The molecule has 6 heteroatoms. The zero-order chi connectivity index (χ0) is 13.3. The highest BCUT2D eigenvalue weighted by atomic mass is 79.9. The summed E-state index contributed by atoms with van der Waals surface area (Å²) in [4.78, 5) is 4.15. The largest absolute Gasteiger partial charge is 0.316 e. The van der Waals surface area contributed by atoms with Gasteiger partial charge in [-0.2, -0.15) is 5.10 Å². The van der Waals surface area contributed by atoms with Crippen molar-refractivity contribution in [2.45, 2.75) is 20.4 Å². The van der Waals surface area contributed by atoms with Crippen LogP contribution in [0.15, 0.2) is 16.7 Å². The van der Waals surface area contributed by atoms with E-state index in [4.69, 9.17) is 0 Å². The molecule has 2 aromatic heterocycles. The van der Waals surface area contributed by atoms with E-state index in [-0.39, 0.29) is 5.82 Å². The number of aryl methyl sites for hydroxylation is 1. The smallest absolute Gasteiger partial charge is 0.158 e. The fourth-order valence-corrected chi connectivity index (χ4v) is 2.06. The molecule has 18 heavy (non-hydrogen) atoms. The fraction of sp³-hybridized carbons (Fsp3) is 0.333. The Morgan fingerprint density at radius 2 is 2.17 bits per heavy atom. The van der Waals surface area contributed by atoms with Crippen molar-refractivity contribution >= 4 is 15.9 Å². The van der Waals surface area contributed by atoms with Gasteiger partial charge in [-0.1, -0.05) is 0 Å². The molecule has 0 aromatic carbocycles. The number of rotatable bonds is 3. The summed E-state index contributed by atoms with van der Waals surface area (Å²) in [5.74, 6) is 0.307. The summed E-state index contributed by atoms with van der Waals surface area (Å²) in [6.45, 7) is 4.39. The molecule has 0 aliphatic rings. The molecule has 0 saturated carbocycles. The number of pyridine rings is 1. The van der Waals surface area contributed by atoms with E-state index in [0.717, 1.165) is 21.4 Å². The van der Waals surface area contributed by atoms with Crippen LogP contribution in [0.4, 0.5) is 4.39 Å². The van der Waals surface area contributed by atoms with Gasteiger partial charge in [0.2, 0.25) is 0 Å². The van der Waals surface area contributed by atoms with Crippen LogP contribution in [-0.4, -0.2) is 21.8 Å². The third-order valence-corrected chi connectivity index (χ3v) is 3.83. The lowest BCUT2D eigenvalue weighted by Gasteiger charge is -2.09. The first kappa shape index (κ1) is 13.2. The van der Waals surface area contributed by atoms with E-state index in [0.29, 0.717) is 12.4 Å². The van der Waals surface area contributed by atoms with Gasteiger partial charge in [-0.05, 0) is 42.9 Å². The van der Waals surface area contributed by atoms with Gasteiger partial charge in [0.1, 0.15) is 5.82 Å². The van der Waals surface area contributed by atoms with Crippen LogP contribution in [0.25, 0.3) is 5.82 Å². The second kappa shape index (κ2) is 5.16. The standard InChI is InChI=1S/C12H14BrFN4/c1-7-11(13)8(2)18(17-7)12-9(5-15-3)4-10(14)6-16-12/h4,6,15H,5H2,1-3H3. The predicted molar refractivity (Wildman–Crippen MR) is 71.3 cm³/mol. The van der Waals surface area contributed by atoms with E-state index in [1.54, 1.807) is 4.68 Å². The average Bonchev–Trinajstić information content (AvgIpc) is 2.58. The maximum absolute atomic E-state index is 13.2. The molecule has 0 bridgehead atoms. The minimum atomic E-state index is -0.343. The molecule has 0 fully saturated rings. The third kappa shape index (κ3) is 2.30. The maximum atomic E-state index is 13.2. The van der Waals surface area contributed by atoms with Gasteiger partial charge in [-0.15, -0.1) is 0 Å². The van der Waals surface area contributed by atoms with Crippen molar-refractivity contribution in [2.75, 3.05) is 7.05 Å². The highest BCUT2D eigenvalue weighted by Gasteiger charge is 2.14. The summed E-state index contributed by atoms with van der Waals surface area (Å²) in [5, 5.41) is 7.41. The Hall–Kier alpha value is -1.27. The fourth-order valence-electron chi connectivity index (χ4n) is 1.82. The first-order valence-electron chi connectivity index (χ1n) is 5.55. The van der Waals surface area contributed by atoms with Gasteiger partial charge < -0.3 is 5.32 Å². The molecule has 0 aliphatic heterocycles. The second-order valence-electron chi connectivity index (χ2n) is 4.06. The minimum Gasteiger partial charge on any atom is -0.316 e. The van der Waals surface area contributed by atoms with Gasteiger partial charge in [0.05, 0.1) is 22.1 Å². The van der Waals surface area contributed by atoms with Crippen LogP contribution in [0.5, 0.6) is 0 Å². The molecule has 0 radical (unpaired) electrons. The molecule has 4 nitrogen and oxygen atoms in total. The van der Waals surface area contributed by atoms with Crippen LogP contribution in [-0.2, 0) is 6.54 Å². The summed E-state index contributed by atoms with van der Waals surface area (Å²) >= 11 is 3.47. The summed E-state index contributed by atoms with van der Waals surface area (Å²) < 4.78 is 15.9. The normalized spacial score (nSPS) is 10.9. The zero-order valence-corrected chi connectivity index (χ0v) is 12.0. The van der Waals surface area contributed by atoms with Crippen molar-refractivity contribution in [3.05, 3.63) is 39.5 Å². The first-order valence-corrected chi connectivity index (χ1v) is 6.35. The third-order valence-electron chi connectivity index (χ3n) is 2.68. The molecule has 0 saturated heterocycles. The first-order chi connectivity index (χ1) is 8.54. The van der Waals surface area contributed by atoms with E-state index in [1.165, 1.54) is 12.3 Å². The second-order valence-corrected chi connectivity index (χ2v) is 4.86. The molecule has 96 valence electrons. The van der Waals surface area contributed by atoms with Gasteiger partial charge in [-0.25, -0.2) is 14.1 Å². The van der Waals surface area contributed by atoms with Crippen molar-refractivity contribution < 1.29 is 4.39 Å². The molecule has 0 spiro atoms. The Balaban J connectivity index is 2.59. The molecule has 0 atom stereocenters. The quantitative estimate of drug-likeness (QED) is 0.947. The summed E-state index contributed by atoms with van der Waals surface area (Å²) in [7, 11) is 1.81. The van der Waals surface area contributed by atoms with Crippen LogP contribution < -0.4 is 5.32 Å². The number of hydrogen-bond donors (Lipinski definition) is 1. The highest BCUT2D eigenvalue weighted by Crippen LogP contribution is 2.23. The molecule has 2 rings (SSSR count). The number of nitrogens with zero attached hydrogens (tertiary/aromatic N) is 3. The summed E-state index contributed by atoms with van der Waals surface area (Å²) in [6, 6.07) is 1.48. The lowest BCUT2D eigenvalue weighted by molar-refractivity contribution is 0.612. The number of aromatic nitrogens is 3. The van der Waals surface area contributed by atoms with E-state index in [2.05, 4.69) is 31.3 Å². The maximum Gasteiger partial charge on any atom is 0.158 e. The van der Waals surface area contributed by atoms with Gasteiger partial charge in [0, 0.05) is 12.1 Å².